The normalized spacial score (nSPS) is 11.3. The van der Waals surface area contributed by atoms with E-state index in [1.165, 1.54) is 28.8 Å². The lowest BCUT2D eigenvalue weighted by atomic mass is 10.1. The molecule has 0 unspecified atom stereocenters. The second kappa shape index (κ2) is 6.54. The van der Waals surface area contributed by atoms with Crippen molar-refractivity contribution in [3.05, 3.63) is 63.2 Å². The highest BCUT2D eigenvalue weighted by atomic mass is 35.5. The van der Waals surface area contributed by atoms with Gasteiger partial charge in [-0.25, -0.2) is 9.47 Å². The van der Waals surface area contributed by atoms with Crippen LogP contribution in [0.15, 0.2) is 55.4 Å². The number of aromatic nitrogens is 3. The van der Waals surface area contributed by atoms with Crippen LogP contribution in [0.25, 0.3) is 22.6 Å². The Labute approximate surface area is 156 Å². The molecule has 1 aromatic carbocycles. The number of rotatable bonds is 4. The summed E-state index contributed by atoms with van der Waals surface area (Å²) in [5, 5.41) is 10.0. The number of benzene rings is 1. The molecule has 0 aliphatic heterocycles. The molecule has 132 valence electrons. The summed E-state index contributed by atoms with van der Waals surface area (Å²) in [4.78, 5) is 11.9. The molecule has 4 aromatic rings. The lowest BCUT2D eigenvalue weighted by molar-refractivity contribution is 0.559. The van der Waals surface area contributed by atoms with Crippen LogP contribution in [0.2, 0.25) is 5.02 Å². The van der Waals surface area contributed by atoms with Gasteiger partial charge < -0.3 is 14.7 Å². The van der Waals surface area contributed by atoms with Crippen molar-refractivity contribution in [2.24, 2.45) is 0 Å². The van der Waals surface area contributed by atoms with E-state index in [4.69, 9.17) is 26.3 Å². The van der Waals surface area contributed by atoms with Gasteiger partial charge in [0.25, 0.3) is 0 Å². The molecule has 7 nitrogen and oxygen atoms in total. The number of hydrogen-bond acceptors (Lipinski definition) is 7. The molecule has 3 aromatic heterocycles. The predicted octanol–water partition coefficient (Wildman–Crippen LogP) is 3.61. The molecule has 0 spiro atoms. The zero-order valence-electron chi connectivity index (χ0n) is 13.6. The van der Waals surface area contributed by atoms with E-state index in [0.29, 0.717) is 33.1 Å². The third-order valence-electron chi connectivity index (χ3n) is 3.87. The summed E-state index contributed by atoms with van der Waals surface area (Å²) in [5.41, 5.74) is 1.71. The van der Waals surface area contributed by atoms with Crippen LogP contribution in [0.5, 0.6) is 0 Å². The van der Waals surface area contributed by atoms with Gasteiger partial charge in [-0.1, -0.05) is 23.4 Å². The highest BCUT2D eigenvalue weighted by Crippen LogP contribution is 2.30. The van der Waals surface area contributed by atoms with Gasteiger partial charge in [-0.3, -0.25) is 0 Å². The van der Waals surface area contributed by atoms with Crippen molar-refractivity contribution in [1.82, 2.24) is 14.9 Å². The molecule has 0 aliphatic carbocycles. The first kappa shape index (κ1) is 16.7. The Morgan fingerprint density at radius 3 is 2.92 bits per heavy atom. The summed E-state index contributed by atoms with van der Waals surface area (Å²) in [5.74, 6) is 7.46. The number of thioether (sulfide) groups is 1. The van der Waals surface area contributed by atoms with E-state index in [-0.39, 0.29) is 0 Å². The molecule has 0 radical (unpaired) electrons. The lowest BCUT2D eigenvalue weighted by Crippen LogP contribution is -2.11. The van der Waals surface area contributed by atoms with Gasteiger partial charge in [0, 0.05) is 22.2 Å². The standard InChI is InChI=1S/C17H13ClN4O3S/c1-9-5-14-11(7-12(9)18)10(6-15(23)25-14)8-26-17-21-20-16(22(17)19)13-3-2-4-24-13/h2-7H,8,19H2,1H3. The lowest BCUT2D eigenvalue weighted by Gasteiger charge is -2.07. The first-order chi connectivity index (χ1) is 12.5. The Bertz CT molecular complexity index is 1150. The number of aryl methyl sites for hydroxylation is 1. The number of nitrogens with two attached hydrogens (primary N) is 1. The molecule has 3 heterocycles. The first-order valence-corrected chi connectivity index (χ1v) is 8.99. The van der Waals surface area contributed by atoms with Crippen LogP contribution in [0, 0.1) is 6.92 Å². The van der Waals surface area contributed by atoms with Crippen LogP contribution in [0.1, 0.15) is 11.1 Å². The third kappa shape index (κ3) is 2.97. The van der Waals surface area contributed by atoms with Gasteiger partial charge in [-0.15, -0.1) is 10.2 Å². The van der Waals surface area contributed by atoms with Crippen LogP contribution in [0.4, 0.5) is 0 Å². The Morgan fingerprint density at radius 1 is 1.31 bits per heavy atom. The largest absolute Gasteiger partial charge is 0.461 e. The molecular weight excluding hydrogens is 376 g/mol. The van der Waals surface area contributed by atoms with Crippen molar-refractivity contribution in [3.63, 3.8) is 0 Å². The molecule has 9 heteroatoms. The summed E-state index contributed by atoms with van der Waals surface area (Å²) < 4.78 is 11.9. The number of halogens is 1. The van der Waals surface area contributed by atoms with Crippen molar-refractivity contribution in [2.75, 3.05) is 5.84 Å². The molecule has 0 saturated heterocycles. The molecule has 0 atom stereocenters. The fourth-order valence-electron chi connectivity index (χ4n) is 2.56. The van der Waals surface area contributed by atoms with E-state index in [2.05, 4.69) is 10.2 Å². The first-order valence-electron chi connectivity index (χ1n) is 7.63. The van der Waals surface area contributed by atoms with Crippen LogP contribution in [-0.2, 0) is 5.75 Å². The fourth-order valence-corrected chi connectivity index (χ4v) is 3.57. The van der Waals surface area contributed by atoms with Crippen molar-refractivity contribution in [3.8, 4) is 11.6 Å². The van der Waals surface area contributed by atoms with Crippen molar-refractivity contribution in [2.45, 2.75) is 17.8 Å². The van der Waals surface area contributed by atoms with Crippen LogP contribution >= 0.6 is 23.4 Å². The highest BCUT2D eigenvalue weighted by Gasteiger charge is 2.15. The maximum absolute atomic E-state index is 11.9. The average molecular weight is 389 g/mol. The quantitative estimate of drug-likeness (QED) is 0.323. The maximum atomic E-state index is 11.9. The molecule has 2 N–H and O–H groups in total. The summed E-state index contributed by atoms with van der Waals surface area (Å²) in [6, 6.07) is 8.51. The number of nitrogens with zero attached hydrogens (tertiary/aromatic N) is 3. The second-order valence-corrected chi connectivity index (χ2v) is 6.98. The van der Waals surface area contributed by atoms with E-state index in [1.54, 1.807) is 24.3 Å². The molecule has 0 aliphatic rings. The van der Waals surface area contributed by atoms with Crippen molar-refractivity contribution >= 4 is 34.3 Å². The Balaban J connectivity index is 1.67. The van der Waals surface area contributed by atoms with Gasteiger partial charge in [-0.05, 0) is 42.3 Å². The van der Waals surface area contributed by atoms with E-state index in [0.717, 1.165) is 16.5 Å². The van der Waals surface area contributed by atoms with E-state index in [9.17, 15) is 4.79 Å². The number of fused-ring (bicyclic) bond motifs is 1. The third-order valence-corrected chi connectivity index (χ3v) is 5.27. The van der Waals surface area contributed by atoms with Gasteiger partial charge in [0.05, 0.1) is 6.26 Å². The highest BCUT2D eigenvalue weighted by molar-refractivity contribution is 7.98. The number of hydrogen-bond donors (Lipinski definition) is 1. The molecule has 0 saturated carbocycles. The molecule has 0 amide bonds. The minimum Gasteiger partial charge on any atom is -0.461 e. The summed E-state index contributed by atoms with van der Waals surface area (Å²) in [7, 11) is 0. The summed E-state index contributed by atoms with van der Waals surface area (Å²) in [6.07, 6.45) is 1.54. The Morgan fingerprint density at radius 2 is 2.15 bits per heavy atom. The molecule has 0 bridgehead atoms. The molecular formula is C17H13ClN4O3S. The van der Waals surface area contributed by atoms with Gasteiger partial charge in [0.15, 0.2) is 5.76 Å². The second-order valence-electron chi connectivity index (χ2n) is 5.63. The maximum Gasteiger partial charge on any atom is 0.336 e. The number of furan rings is 1. The van der Waals surface area contributed by atoms with Crippen LogP contribution < -0.4 is 11.5 Å². The molecule has 26 heavy (non-hydrogen) atoms. The zero-order valence-corrected chi connectivity index (χ0v) is 15.2. The Kier molecular flexibility index (Phi) is 4.21. The minimum absolute atomic E-state index is 0.416. The van der Waals surface area contributed by atoms with E-state index < -0.39 is 5.63 Å². The topological polar surface area (TPSA) is 100 Å². The van der Waals surface area contributed by atoms with E-state index in [1.807, 2.05) is 6.92 Å². The fraction of sp³-hybridized carbons (Fsp3) is 0.118. The van der Waals surface area contributed by atoms with Crippen LogP contribution in [-0.4, -0.2) is 14.9 Å². The van der Waals surface area contributed by atoms with Crippen molar-refractivity contribution < 1.29 is 8.83 Å². The predicted molar refractivity (Wildman–Crippen MR) is 99.7 cm³/mol. The smallest absolute Gasteiger partial charge is 0.336 e. The minimum atomic E-state index is -0.416. The summed E-state index contributed by atoms with van der Waals surface area (Å²) >= 11 is 7.57. The van der Waals surface area contributed by atoms with Crippen LogP contribution in [0.3, 0.4) is 0 Å². The Hall–Kier alpha value is -2.71. The van der Waals surface area contributed by atoms with Gasteiger partial charge in [0.2, 0.25) is 11.0 Å². The average Bonchev–Trinajstić information content (AvgIpc) is 3.24. The van der Waals surface area contributed by atoms with Crippen molar-refractivity contribution in [1.29, 1.82) is 0 Å². The van der Waals surface area contributed by atoms with E-state index >= 15 is 0 Å². The summed E-state index contributed by atoms with van der Waals surface area (Å²) in [6.45, 7) is 1.86. The number of nitrogen functional groups attached to an aromatic ring is 1. The SMILES string of the molecule is Cc1cc2oc(=O)cc(CSc3nnc(-c4ccco4)n3N)c2cc1Cl. The van der Waals surface area contributed by atoms with Gasteiger partial charge in [-0.2, -0.15) is 0 Å². The van der Waals surface area contributed by atoms with Gasteiger partial charge in [0.1, 0.15) is 5.58 Å². The molecule has 4 rings (SSSR count). The zero-order chi connectivity index (χ0) is 18.3. The van der Waals surface area contributed by atoms with Gasteiger partial charge >= 0.3 is 5.63 Å². The monoisotopic (exact) mass is 388 g/mol. The molecule has 0 fully saturated rings.